The fraction of sp³-hybridized carbons (Fsp3) is 0.500. The quantitative estimate of drug-likeness (QED) is 0.815. The van der Waals surface area contributed by atoms with E-state index in [1.807, 2.05) is 6.07 Å². The van der Waals surface area contributed by atoms with Gasteiger partial charge in [0.1, 0.15) is 0 Å². The molecule has 4 nitrogen and oxygen atoms in total. The minimum absolute atomic E-state index is 0.175. The van der Waals surface area contributed by atoms with Crippen LogP contribution in [0.3, 0.4) is 0 Å². The summed E-state index contributed by atoms with van der Waals surface area (Å²) < 4.78 is 2.10. The first kappa shape index (κ1) is 16.7. The largest absolute Gasteiger partial charge is 0.395 e. The Balaban J connectivity index is 2.14. The highest BCUT2D eigenvalue weighted by molar-refractivity contribution is 5.25. The molecule has 2 aromatic rings. The fourth-order valence-corrected chi connectivity index (χ4v) is 2.81. The van der Waals surface area contributed by atoms with E-state index >= 15 is 0 Å². The van der Waals surface area contributed by atoms with E-state index in [-0.39, 0.29) is 6.61 Å². The van der Waals surface area contributed by atoms with E-state index in [0.29, 0.717) is 6.54 Å². The third kappa shape index (κ3) is 4.18. The second kappa shape index (κ2) is 8.11. The molecule has 0 aliphatic heterocycles. The summed E-state index contributed by atoms with van der Waals surface area (Å²) in [6.45, 7) is 9.88. The van der Waals surface area contributed by atoms with Crippen LogP contribution in [0.25, 0.3) is 0 Å². The minimum atomic E-state index is 0.175. The maximum atomic E-state index is 9.36. The Hall–Kier alpha value is -1.65. The van der Waals surface area contributed by atoms with E-state index < -0.39 is 0 Å². The minimum Gasteiger partial charge on any atom is -0.395 e. The lowest BCUT2D eigenvalue weighted by Crippen LogP contribution is -2.26. The number of aliphatic hydroxyl groups excluding tert-OH is 1. The molecular formula is C18H27N3O. The molecule has 0 bridgehead atoms. The number of hydrogen-bond acceptors (Lipinski definition) is 3. The van der Waals surface area contributed by atoms with E-state index in [1.54, 1.807) is 0 Å². The SMILES string of the molecule is CCCn1nc(C)c(CN(CCO)Cc2ccccc2)c1C. The van der Waals surface area contributed by atoms with Crippen LogP contribution in [0.5, 0.6) is 0 Å². The Morgan fingerprint density at radius 3 is 2.50 bits per heavy atom. The highest BCUT2D eigenvalue weighted by atomic mass is 16.3. The van der Waals surface area contributed by atoms with Gasteiger partial charge in [0.15, 0.2) is 0 Å². The first-order valence-electron chi connectivity index (χ1n) is 8.05. The molecule has 0 saturated heterocycles. The van der Waals surface area contributed by atoms with Crippen LogP contribution in [-0.2, 0) is 19.6 Å². The first-order valence-corrected chi connectivity index (χ1v) is 8.05. The van der Waals surface area contributed by atoms with Crippen LogP contribution >= 0.6 is 0 Å². The van der Waals surface area contributed by atoms with E-state index in [1.165, 1.54) is 16.8 Å². The summed E-state index contributed by atoms with van der Waals surface area (Å²) in [7, 11) is 0. The molecule has 1 heterocycles. The van der Waals surface area contributed by atoms with Gasteiger partial charge in [-0.05, 0) is 25.8 Å². The molecule has 1 aromatic carbocycles. The lowest BCUT2D eigenvalue weighted by Gasteiger charge is -2.21. The number of aromatic nitrogens is 2. The summed E-state index contributed by atoms with van der Waals surface area (Å²) in [5.41, 5.74) is 4.90. The number of hydrogen-bond donors (Lipinski definition) is 1. The van der Waals surface area contributed by atoms with Gasteiger partial charge < -0.3 is 5.11 Å². The van der Waals surface area contributed by atoms with Gasteiger partial charge in [0, 0.05) is 37.4 Å². The van der Waals surface area contributed by atoms with Crippen molar-refractivity contribution >= 4 is 0 Å². The molecule has 0 fully saturated rings. The van der Waals surface area contributed by atoms with Crippen molar-refractivity contribution in [2.24, 2.45) is 0 Å². The van der Waals surface area contributed by atoms with Crippen molar-refractivity contribution in [1.29, 1.82) is 0 Å². The number of rotatable bonds is 8. The molecule has 120 valence electrons. The van der Waals surface area contributed by atoms with Gasteiger partial charge in [-0.3, -0.25) is 9.58 Å². The number of nitrogens with zero attached hydrogens (tertiary/aromatic N) is 3. The van der Waals surface area contributed by atoms with Gasteiger partial charge in [-0.25, -0.2) is 0 Å². The molecule has 0 unspecified atom stereocenters. The highest BCUT2D eigenvalue weighted by Gasteiger charge is 2.15. The average Bonchev–Trinajstić information content (AvgIpc) is 2.77. The number of benzene rings is 1. The molecule has 4 heteroatoms. The van der Waals surface area contributed by atoms with Crippen LogP contribution < -0.4 is 0 Å². The summed E-state index contributed by atoms with van der Waals surface area (Å²) in [4.78, 5) is 2.28. The molecule has 0 aliphatic carbocycles. The summed E-state index contributed by atoms with van der Waals surface area (Å²) in [5, 5.41) is 14.0. The zero-order valence-electron chi connectivity index (χ0n) is 13.9. The topological polar surface area (TPSA) is 41.3 Å². The third-order valence-corrected chi connectivity index (χ3v) is 4.01. The Kier molecular flexibility index (Phi) is 6.16. The van der Waals surface area contributed by atoms with E-state index in [9.17, 15) is 5.11 Å². The molecule has 0 spiro atoms. The number of aryl methyl sites for hydroxylation is 2. The smallest absolute Gasteiger partial charge is 0.0641 e. The van der Waals surface area contributed by atoms with Gasteiger partial charge >= 0.3 is 0 Å². The fourth-order valence-electron chi connectivity index (χ4n) is 2.81. The lowest BCUT2D eigenvalue weighted by molar-refractivity contribution is 0.184. The van der Waals surface area contributed by atoms with Crippen molar-refractivity contribution in [3.05, 3.63) is 52.8 Å². The van der Waals surface area contributed by atoms with Gasteiger partial charge in [-0.2, -0.15) is 5.10 Å². The maximum Gasteiger partial charge on any atom is 0.0641 e. The predicted molar refractivity (Wildman–Crippen MR) is 89.6 cm³/mol. The van der Waals surface area contributed by atoms with Gasteiger partial charge in [0.05, 0.1) is 12.3 Å². The Labute approximate surface area is 133 Å². The lowest BCUT2D eigenvalue weighted by atomic mass is 10.1. The summed E-state index contributed by atoms with van der Waals surface area (Å²) in [6.07, 6.45) is 1.09. The Morgan fingerprint density at radius 1 is 1.14 bits per heavy atom. The van der Waals surface area contributed by atoms with Crippen LogP contribution in [0.1, 0.15) is 35.9 Å². The van der Waals surface area contributed by atoms with E-state index in [0.717, 1.165) is 31.7 Å². The van der Waals surface area contributed by atoms with Crippen molar-refractivity contribution in [3.63, 3.8) is 0 Å². The molecule has 0 radical (unpaired) electrons. The van der Waals surface area contributed by atoms with Crippen molar-refractivity contribution in [2.75, 3.05) is 13.2 Å². The average molecular weight is 301 g/mol. The third-order valence-electron chi connectivity index (χ3n) is 4.01. The Bertz CT molecular complexity index is 578. The monoisotopic (exact) mass is 301 g/mol. The van der Waals surface area contributed by atoms with E-state index in [4.69, 9.17) is 0 Å². The van der Waals surface area contributed by atoms with Gasteiger partial charge in [0.2, 0.25) is 0 Å². The molecule has 0 atom stereocenters. The summed E-state index contributed by atoms with van der Waals surface area (Å²) in [5.74, 6) is 0. The first-order chi connectivity index (χ1) is 10.7. The Morgan fingerprint density at radius 2 is 1.86 bits per heavy atom. The molecule has 0 amide bonds. The van der Waals surface area contributed by atoms with Gasteiger partial charge in [-0.15, -0.1) is 0 Å². The molecule has 1 aromatic heterocycles. The zero-order valence-corrected chi connectivity index (χ0v) is 13.9. The molecule has 0 saturated carbocycles. The highest BCUT2D eigenvalue weighted by Crippen LogP contribution is 2.17. The van der Waals surface area contributed by atoms with Crippen LogP contribution in [0.2, 0.25) is 0 Å². The van der Waals surface area contributed by atoms with Gasteiger partial charge in [-0.1, -0.05) is 37.3 Å². The normalized spacial score (nSPS) is 11.3. The van der Waals surface area contributed by atoms with Crippen molar-refractivity contribution < 1.29 is 5.11 Å². The molecular weight excluding hydrogens is 274 g/mol. The van der Waals surface area contributed by atoms with Crippen LogP contribution in [0, 0.1) is 13.8 Å². The zero-order chi connectivity index (χ0) is 15.9. The van der Waals surface area contributed by atoms with Crippen molar-refractivity contribution in [1.82, 2.24) is 14.7 Å². The van der Waals surface area contributed by atoms with Gasteiger partial charge in [0.25, 0.3) is 0 Å². The molecule has 2 rings (SSSR count). The summed E-state index contributed by atoms with van der Waals surface area (Å²) >= 11 is 0. The van der Waals surface area contributed by atoms with Crippen molar-refractivity contribution in [3.8, 4) is 0 Å². The van der Waals surface area contributed by atoms with E-state index in [2.05, 4.69) is 59.7 Å². The molecule has 22 heavy (non-hydrogen) atoms. The van der Waals surface area contributed by atoms with Crippen LogP contribution in [0.15, 0.2) is 30.3 Å². The predicted octanol–water partition coefficient (Wildman–Crippen LogP) is 2.90. The molecule has 1 N–H and O–H groups in total. The second-order valence-corrected chi connectivity index (χ2v) is 5.79. The van der Waals surface area contributed by atoms with Crippen LogP contribution in [-0.4, -0.2) is 32.9 Å². The second-order valence-electron chi connectivity index (χ2n) is 5.79. The number of aliphatic hydroxyl groups is 1. The van der Waals surface area contributed by atoms with Crippen molar-refractivity contribution in [2.45, 2.75) is 46.8 Å². The standard InChI is InChI=1S/C18H27N3O/c1-4-10-21-16(3)18(15(2)19-21)14-20(11-12-22)13-17-8-6-5-7-9-17/h5-9,22H,4,10-14H2,1-3H3. The summed E-state index contributed by atoms with van der Waals surface area (Å²) in [6, 6.07) is 10.4. The maximum absolute atomic E-state index is 9.36. The van der Waals surface area contributed by atoms with Crippen LogP contribution in [0.4, 0.5) is 0 Å². The molecule has 0 aliphatic rings.